The number of hydrogen-bond donors (Lipinski definition) is 1. The number of carbonyl (C=O) groups is 1. The Kier molecular flexibility index (Phi) is 4.78. The molecule has 0 atom stereocenters. The van der Waals surface area contributed by atoms with Crippen molar-refractivity contribution in [3.63, 3.8) is 0 Å². The highest BCUT2D eigenvalue weighted by molar-refractivity contribution is 5.92. The Labute approximate surface area is 153 Å². The van der Waals surface area contributed by atoms with Crippen molar-refractivity contribution in [2.75, 3.05) is 5.32 Å². The third-order valence-corrected chi connectivity index (χ3v) is 4.79. The number of aromatic nitrogens is 3. The van der Waals surface area contributed by atoms with E-state index in [9.17, 15) is 4.79 Å². The second kappa shape index (κ2) is 7.52. The Morgan fingerprint density at radius 3 is 2.69 bits per heavy atom. The van der Waals surface area contributed by atoms with Gasteiger partial charge in [-0.15, -0.1) is 0 Å². The van der Waals surface area contributed by atoms with E-state index in [2.05, 4.69) is 33.6 Å². The molecule has 2 heterocycles. The molecule has 132 valence electrons. The normalized spacial score (nSPS) is 13.2. The zero-order valence-electron chi connectivity index (χ0n) is 14.7. The van der Waals surface area contributed by atoms with Crippen LogP contribution < -0.4 is 5.32 Å². The zero-order chi connectivity index (χ0) is 17.8. The average molecular weight is 346 g/mol. The molecule has 0 saturated heterocycles. The molecule has 5 nitrogen and oxygen atoms in total. The lowest BCUT2D eigenvalue weighted by Gasteiger charge is -2.16. The molecule has 3 aromatic rings. The van der Waals surface area contributed by atoms with E-state index in [1.165, 1.54) is 30.4 Å². The lowest BCUT2D eigenvalue weighted by molar-refractivity contribution is -0.115. The van der Waals surface area contributed by atoms with Gasteiger partial charge in [-0.1, -0.05) is 18.2 Å². The fraction of sp³-hybridized carbons (Fsp3) is 0.286. The molecule has 5 heteroatoms. The number of nitrogens with zero attached hydrogens (tertiary/aromatic N) is 3. The van der Waals surface area contributed by atoms with Crippen molar-refractivity contribution in [2.24, 2.45) is 0 Å². The maximum atomic E-state index is 12.4. The summed E-state index contributed by atoms with van der Waals surface area (Å²) in [6, 6.07) is 10.4. The Morgan fingerprint density at radius 1 is 1.04 bits per heavy atom. The molecule has 1 aliphatic carbocycles. The zero-order valence-corrected chi connectivity index (χ0v) is 14.7. The predicted octanol–water partition coefficient (Wildman–Crippen LogP) is 3.39. The molecule has 0 radical (unpaired) electrons. The highest BCUT2D eigenvalue weighted by Gasteiger charge is 2.12. The van der Waals surface area contributed by atoms with Crippen LogP contribution in [0.4, 0.5) is 5.69 Å². The fourth-order valence-corrected chi connectivity index (χ4v) is 3.48. The molecule has 1 N–H and O–H groups in total. The van der Waals surface area contributed by atoms with Gasteiger partial charge in [0.2, 0.25) is 5.91 Å². The standard InChI is InChI=1S/C21H22N4O/c26-21(12-17-5-6-18-3-1-2-4-19(18)11-17)24-20-13-23-25(15-20)14-16-7-9-22-10-8-16/h5-11,13,15H,1-4,12,14H2,(H,24,26). The van der Waals surface area contributed by atoms with E-state index in [1.54, 1.807) is 18.6 Å². The number of amides is 1. The summed E-state index contributed by atoms with van der Waals surface area (Å²) >= 11 is 0. The molecule has 0 aliphatic heterocycles. The topological polar surface area (TPSA) is 59.8 Å². The SMILES string of the molecule is O=C(Cc1ccc2c(c1)CCCC2)Nc1cnn(Cc2ccncc2)c1. The highest BCUT2D eigenvalue weighted by atomic mass is 16.1. The Hall–Kier alpha value is -2.95. The maximum absolute atomic E-state index is 12.4. The van der Waals surface area contributed by atoms with Crippen LogP contribution in [0.1, 0.15) is 35.1 Å². The van der Waals surface area contributed by atoms with Gasteiger partial charge in [-0.3, -0.25) is 14.5 Å². The molecule has 0 fully saturated rings. The molecular weight excluding hydrogens is 324 g/mol. The molecule has 0 bridgehead atoms. The van der Waals surface area contributed by atoms with Crippen LogP contribution >= 0.6 is 0 Å². The Balaban J connectivity index is 1.36. The summed E-state index contributed by atoms with van der Waals surface area (Å²) in [5.41, 5.74) is 5.77. The van der Waals surface area contributed by atoms with Crippen LogP contribution in [0.25, 0.3) is 0 Å². The van der Waals surface area contributed by atoms with E-state index in [1.807, 2.05) is 23.0 Å². The van der Waals surface area contributed by atoms with Crippen LogP contribution in [-0.2, 0) is 30.6 Å². The number of carbonyl (C=O) groups excluding carboxylic acids is 1. The summed E-state index contributed by atoms with van der Waals surface area (Å²) in [4.78, 5) is 16.4. The number of rotatable bonds is 5. The van der Waals surface area contributed by atoms with E-state index in [-0.39, 0.29) is 5.91 Å². The first kappa shape index (κ1) is 16.5. The van der Waals surface area contributed by atoms with Crippen molar-refractivity contribution in [2.45, 2.75) is 38.6 Å². The van der Waals surface area contributed by atoms with Crippen molar-refractivity contribution in [1.29, 1.82) is 0 Å². The minimum absolute atomic E-state index is 0.00998. The van der Waals surface area contributed by atoms with E-state index in [4.69, 9.17) is 0 Å². The van der Waals surface area contributed by atoms with Crippen LogP contribution in [0.15, 0.2) is 55.1 Å². The Bertz CT molecular complexity index is 901. The summed E-state index contributed by atoms with van der Waals surface area (Å²) in [7, 11) is 0. The van der Waals surface area contributed by atoms with Gasteiger partial charge in [0.25, 0.3) is 0 Å². The van der Waals surface area contributed by atoms with Crippen LogP contribution in [0.2, 0.25) is 0 Å². The summed E-state index contributed by atoms with van der Waals surface area (Å²) in [5.74, 6) is -0.00998. The minimum Gasteiger partial charge on any atom is -0.323 e. The molecule has 0 spiro atoms. The van der Waals surface area contributed by atoms with Crippen LogP contribution in [0.5, 0.6) is 0 Å². The number of pyridine rings is 1. The third-order valence-electron chi connectivity index (χ3n) is 4.79. The van der Waals surface area contributed by atoms with Gasteiger partial charge in [0.05, 0.1) is 24.8 Å². The van der Waals surface area contributed by atoms with Crippen LogP contribution in [0.3, 0.4) is 0 Å². The maximum Gasteiger partial charge on any atom is 0.228 e. The van der Waals surface area contributed by atoms with E-state index in [0.717, 1.165) is 23.2 Å². The molecule has 0 unspecified atom stereocenters. The number of fused-ring (bicyclic) bond motifs is 1. The summed E-state index contributed by atoms with van der Waals surface area (Å²) < 4.78 is 1.81. The smallest absolute Gasteiger partial charge is 0.228 e. The quantitative estimate of drug-likeness (QED) is 0.770. The summed E-state index contributed by atoms with van der Waals surface area (Å²) in [6.45, 7) is 0.656. The van der Waals surface area contributed by atoms with Crippen LogP contribution in [0, 0.1) is 0 Å². The first-order valence-electron chi connectivity index (χ1n) is 9.08. The monoisotopic (exact) mass is 346 g/mol. The fourth-order valence-electron chi connectivity index (χ4n) is 3.48. The molecule has 4 rings (SSSR count). The highest BCUT2D eigenvalue weighted by Crippen LogP contribution is 2.22. The van der Waals surface area contributed by atoms with Crippen LogP contribution in [-0.4, -0.2) is 20.7 Å². The number of nitrogens with one attached hydrogen (secondary N) is 1. The van der Waals surface area contributed by atoms with Gasteiger partial charge in [-0.05, 0) is 60.1 Å². The van der Waals surface area contributed by atoms with Crippen molar-refractivity contribution in [1.82, 2.24) is 14.8 Å². The van der Waals surface area contributed by atoms with Gasteiger partial charge in [0, 0.05) is 18.6 Å². The van der Waals surface area contributed by atoms with Gasteiger partial charge in [0.1, 0.15) is 0 Å². The summed E-state index contributed by atoms with van der Waals surface area (Å²) in [6.07, 6.45) is 12.3. The second-order valence-electron chi connectivity index (χ2n) is 6.82. The average Bonchev–Trinajstić information content (AvgIpc) is 3.09. The molecule has 26 heavy (non-hydrogen) atoms. The molecule has 1 aliphatic rings. The van der Waals surface area contributed by atoms with Crippen molar-refractivity contribution >= 4 is 11.6 Å². The largest absolute Gasteiger partial charge is 0.323 e. The lowest BCUT2D eigenvalue weighted by Crippen LogP contribution is -2.14. The molecule has 2 aromatic heterocycles. The van der Waals surface area contributed by atoms with Crippen molar-refractivity contribution in [3.05, 3.63) is 77.4 Å². The minimum atomic E-state index is -0.00998. The Morgan fingerprint density at radius 2 is 1.85 bits per heavy atom. The third kappa shape index (κ3) is 3.99. The van der Waals surface area contributed by atoms with E-state index >= 15 is 0 Å². The predicted molar refractivity (Wildman–Crippen MR) is 101 cm³/mol. The van der Waals surface area contributed by atoms with Crippen molar-refractivity contribution < 1.29 is 4.79 Å². The second-order valence-corrected chi connectivity index (χ2v) is 6.82. The van der Waals surface area contributed by atoms with Gasteiger partial charge in [-0.25, -0.2) is 0 Å². The molecular formula is C21H22N4O. The van der Waals surface area contributed by atoms with Gasteiger partial charge >= 0.3 is 0 Å². The summed E-state index contributed by atoms with van der Waals surface area (Å²) in [5, 5.41) is 7.25. The first-order chi connectivity index (χ1) is 12.8. The van der Waals surface area contributed by atoms with Gasteiger partial charge in [0.15, 0.2) is 0 Å². The number of anilines is 1. The van der Waals surface area contributed by atoms with E-state index < -0.39 is 0 Å². The molecule has 1 aromatic carbocycles. The first-order valence-corrected chi connectivity index (χ1v) is 9.08. The van der Waals surface area contributed by atoms with Gasteiger partial charge < -0.3 is 5.32 Å². The van der Waals surface area contributed by atoms with E-state index in [0.29, 0.717) is 13.0 Å². The number of hydrogen-bond acceptors (Lipinski definition) is 3. The van der Waals surface area contributed by atoms with Crippen molar-refractivity contribution in [3.8, 4) is 0 Å². The number of aryl methyl sites for hydroxylation is 2. The number of benzene rings is 1. The molecule has 0 saturated carbocycles. The lowest BCUT2D eigenvalue weighted by atomic mass is 9.90. The molecule has 1 amide bonds. The van der Waals surface area contributed by atoms with Gasteiger partial charge in [-0.2, -0.15) is 5.10 Å².